The third-order valence-corrected chi connectivity index (χ3v) is 10.7. The quantitative estimate of drug-likeness (QED) is 0.458. The Morgan fingerprint density at radius 1 is 0.719 bits per heavy atom. The molecule has 3 aromatic carbocycles. The van der Waals surface area contributed by atoms with E-state index in [-0.39, 0.29) is 5.41 Å². The van der Waals surface area contributed by atoms with Crippen molar-refractivity contribution in [2.45, 2.75) is 56.8 Å². The van der Waals surface area contributed by atoms with Gasteiger partial charge in [0.2, 0.25) is 0 Å². The van der Waals surface area contributed by atoms with Gasteiger partial charge < -0.3 is 5.32 Å². The minimum absolute atomic E-state index is 0.0492. The van der Waals surface area contributed by atoms with E-state index in [4.69, 9.17) is 0 Å². The van der Waals surface area contributed by atoms with Crippen molar-refractivity contribution >= 4 is 11.4 Å². The molecule has 0 amide bonds. The van der Waals surface area contributed by atoms with Gasteiger partial charge in [0.25, 0.3) is 0 Å². The number of anilines is 2. The largest absolute Gasteiger partial charge is 0.356 e. The van der Waals surface area contributed by atoms with Crippen LogP contribution in [-0.4, -0.2) is 0 Å². The maximum atomic E-state index is 3.70. The zero-order chi connectivity index (χ0) is 21.3. The second-order valence-corrected chi connectivity index (χ2v) is 12.2. The molecule has 1 heteroatoms. The van der Waals surface area contributed by atoms with Gasteiger partial charge in [-0.1, -0.05) is 56.3 Å². The van der Waals surface area contributed by atoms with E-state index in [9.17, 15) is 0 Å². The molecule has 1 nitrogen and oxygen atoms in total. The summed E-state index contributed by atoms with van der Waals surface area (Å²) in [4.78, 5) is 0. The number of hydrogen-bond donors (Lipinski definition) is 1. The highest BCUT2D eigenvalue weighted by Gasteiger charge is 2.77. The van der Waals surface area contributed by atoms with Crippen LogP contribution in [0.4, 0.5) is 11.4 Å². The molecule has 5 aliphatic carbocycles. The summed E-state index contributed by atoms with van der Waals surface area (Å²) in [5, 5.41) is 3.70. The second kappa shape index (κ2) is 5.50. The average Bonchev–Trinajstić information content (AvgIpc) is 3.35. The summed E-state index contributed by atoms with van der Waals surface area (Å²) in [6.45, 7) is 4.70. The molecule has 1 spiro atoms. The Bertz CT molecular complexity index is 1260. The molecule has 160 valence electrons. The van der Waals surface area contributed by atoms with Crippen LogP contribution in [0, 0.1) is 23.2 Å². The van der Waals surface area contributed by atoms with Crippen LogP contribution in [-0.2, 0) is 10.8 Å². The van der Waals surface area contributed by atoms with Crippen LogP contribution in [0.2, 0.25) is 0 Å². The molecular weight excluding hydrogens is 386 g/mol. The first kappa shape index (κ1) is 18.0. The standard InChI is InChI=1S/C31H31N/c1-29(2)27-6-4-3-5-25(27)26-12-11-24(15-28(26)29)32-23-9-7-19(8-10-23)30-16-21-13-20-14-22(17-30)31(20,21)18-30/h3-12,15,20-22,32H,13-14,16-18H2,1-2H3/t20?,21-,22-,30?,31?/m0/s1. The first-order valence-electron chi connectivity index (χ1n) is 12.6. The number of nitrogens with one attached hydrogen (secondary N) is 1. The Morgan fingerprint density at radius 2 is 1.41 bits per heavy atom. The molecule has 2 bridgehead atoms. The molecule has 32 heavy (non-hydrogen) atoms. The molecule has 0 aliphatic heterocycles. The molecule has 8 rings (SSSR count). The third-order valence-electron chi connectivity index (χ3n) is 10.7. The van der Waals surface area contributed by atoms with Gasteiger partial charge >= 0.3 is 0 Å². The van der Waals surface area contributed by atoms with E-state index in [2.05, 4.69) is 85.9 Å². The highest BCUT2D eigenvalue weighted by molar-refractivity contribution is 5.82. The van der Waals surface area contributed by atoms with Crippen LogP contribution in [0.15, 0.2) is 66.7 Å². The number of hydrogen-bond acceptors (Lipinski definition) is 1. The maximum absolute atomic E-state index is 3.70. The fourth-order valence-electron chi connectivity index (χ4n) is 9.27. The molecule has 3 aromatic rings. The smallest absolute Gasteiger partial charge is 0.0387 e. The summed E-state index contributed by atoms with van der Waals surface area (Å²) in [6, 6.07) is 25.3. The highest BCUT2D eigenvalue weighted by atomic mass is 14.9. The third kappa shape index (κ3) is 1.94. The summed E-state index contributed by atoms with van der Waals surface area (Å²) in [7, 11) is 0. The van der Waals surface area contributed by atoms with Gasteiger partial charge in [-0.25, -0.2) is 0 Å². The van der Waals surface area contributed by atoms with Gasteiger partial charge in [0, 0.05) is 16.8 Å². The van der Waals surface area contributed by atoms with Crippen molar-refractivity contribution in [1.82, 2.24) is 0 Å². The van der Waals surface area contributed by atoms with E-state index < -0.39 is 0 Å². The zero-order valence-electron chi connectivity index (χ0n) is 19.1. The molecule has 1 N–H and O–H groups in total. The summed E-state index contributed by atoms with van der Waals surface area (Å²) in [5.41, 5.74) is 11.0. The lowest BCUT2D eigenvalue weighted by atomic mass is 9.38. The van der Waals surface area contributed by atoms with Crippen LogP contribution in [0.25, 0.3) is 11.1 Å². The van der Waals surface area contributed by atoms with Gasteiger partial charge in [-0.3, -0.25) is 0 Å². The van der Waals surface area contributed by atoms with Crippen LogP contribution in [0.1, 0.15) is 62.6 Å². The summed E-state index contributed by atoms with van der Waals surface area (Å²) >= 11 is 0. The molecule has 5 aliphatic rings. The fraction of sp³-hybridized carbons (Fsp3) is 0.419. The minimum Gasteiger partial charge on any atom is -0.356 e. The average molecular weight is 418 g/mol. The van der Waals surface area contributed by atoms with Crippen molar-refractivity contribution in [2.24, 2.45) is 23.2 Å². The molecule has 0 unspecified atom stereocenters. The Labute approximate surface area is 191 Å². The predicted molar refractivity (Wildman–Crippen MR) is 131 cm³/mol. The predicted octanol–water partition coefficient (Wildman–Crippen LogP) is 7.81. The number of rotatable bonds is 3. The lowest BCUT2D eigenvalue weighted by Crippen LogP contribution is -2.59. The van der Waals surface area contributed by atoms with Gasteiger partial charge in [-0.15, -0.1) is 0 Å². The molecule has 2 atom stereocenters. The van der Waals surface area contributed by atoms with Crippen LogP contribution < -0.4 is 5.32 Å². The highest BCUT2D eigenvalue weighted by Crippen LogP contribution is 2.84. The molecule has 0 saturated heterocycles. The van der Waals surface area contributed by atoms with Crippen molar-refractivity contribution in [2.75, 3.05) is 5.32 Å². The Balaban J connectivity index is 1.08. The first-order chi connectivity index (χ1) is 15.5. The molecular formula is C31H31N. The molecule has 0 radical (unpaired) electrons. The zero-order valence-corrected chi connectivity index (χ0v) is 19.1. The topological polar surface area (TPSA) is 12.0 Å². The van der Waals surface area contributed by atoms with Crippen LogP contribution in [0.5, 0.6) is 0 Å². The van der Waals surface area contributed by atoms with Crippen molar-refractivity contribution in [1.29, 1.82) is 0 Å². The van der Waals surface area contributed by atoms with Crippen molar-refractivity contribution in [3.63, 3.8) is 0 Å². The van der Waals surface area contributed by atoms with Crippen molar-refractivity contribution in [3.05, 3.63) is 83.4 Å². The van der Waals surface area contributed by atoms with E-state index in [1.165, 1.54) is 65.7 Å². The minimum atomic E-state index is 0.0492. The van der Waals surface area contributed by atoms with E-state index in [0.29, 0.717) is 5.41 Å². The lowest BCUT2D eigenvalue weighted by molar-refractivity contribution is -0.175. The molecule has 4 fully saturated rings. The van der Waals surface area contributed by atoms with Crippen LogP contribution >= 0.6 is 0 Å². The van der Waals surface area contributed by atoms with E-state index in [0.717, 1.165) is 23.2 Å². The lowest BCUT2D eigenvalue weighted by Gasteiger charge is -2.66. The van der Waals surface area contributed by atoms with E-state index in [1.54, 1.807) is 5.56 Å². The molecule has 0 heterocycles. The van der Waals surface area contributed by atoms with Gasteiger partial charge in [0.1, 0.15) is 0 Å². The van der Waals surface area contributed by atoms with Gasteiger partial charge in [-0.2, -0.15) is 0 Å². The normalized spacial score (nSPS) is 36.0. The monoisotopic (exact) mass is 417 g/mol. The Morgan fingerprint density at radius 3 is 2.12 bits per heavy atom. The molecule has 0 aromatic heterocycles. The van der Waals surface area contributed by atoms with Gasteiger partial charge in [-0.05, 0) is 113 Å². The SMILES string of the molecule is CC1(C)c2ccccc2-c2ccc(Nc3ccc(C45C[C@@H]6CC7C[C@@H](C4)C76C5)cc3)cc21. The fourth-order valence-corrected chi connectivity index (χ4v) is 9.27. The van der Waals surface area contributed by atoms with E-state index in [1.807, 2.05) is 0 Å². The van der Waals surface area contributed by atoms with Crippen molar-refractivity contribution in [3.8, 4) is 11.1 Å². The van der Waals surface area contributed by atoms with Gasteiger partial charge in [0.05, 0.1) is 0 Å². The second-order valence-electron chi connectivity index (χ2n) is 12.2. The van der Waals surface area contributed by atoms with E-state index >= 15 is 0 Å². The Kier molecular flexibility index (Phi) is 3.09. The summed E-state index contributed by atoms with van der Waals surface area (Å²) in [5.74, 6) is 3.20. The van der Waals surface area contributed by atoms with Gasteiger partial charge in [0.15, 0.2) is 0 Å². The van der Waals surface area contributed by atoms with Crippen LogP contribution in [0.3, 0.4) is 0 Å². The van der Waals surface area contributed by atoms with Crippen molar-refractivity contribution < 1.29 is 0 Å². The number of benzene rings is 3. The summed E-state index contributed by atoms with van der Waals surface area (Å²) < 4.78 is 0. The first-order valence-corrected chi connectivity index (χ1v) is 12.6. The maximum Gasteiger partial charge on any atom is 0.0387 e. The Hall–Kier alpha value is -2.54. The summed E-state index contributed by atoms with van der Waals surface area (Å²) in [6.07, 6.45) is 7.50. The molecule has 4 saturated carbocycles. The number of fused-ring (bicyclic) bond motifs is 4.